The summed E-state index contributed by atoms with van der Waals surface area (Å²) in [6.07, 6.45) is 2.74. The van der Waals surface area contributed by atoms with Gasteiger partial charge >= 0.3 is 0 Å². The Kier molecular flexibility index (Phi) is 3.15. The number of aromatic hydroxyl groups is 2. The Morgan fingerprint density at radius 2 is 2.12 bits per heavy atom. The molecule has 1 aliphatic rings. The molecule has 1 fully saturated rings. The fraction of sp³-hybridized carbons (Fsp3) is 0.417. The van der Waals surface area contributed by atoms with Crippen LogP contribution < -0.4 is 5.32 Å². The first-order chi connectivity index (χ1) is 8.06. The highest BCUT2D eigenvalue weighted by Crippen LogP contribution is 2.33. The molecule has 0 bridgehead atoms. The lowest BCUT2D eigenvalue weighted by Crippen LogP contribution is -2.55. The minimum absolute atomic E-state index is 0.0542. The van der Waals surface area contributed by atoms with Gasteiger partial charge in [0, 0.05) is 5.88 Å². The van der Waals surface area contributed by atoms with Crippen molar-refractivity contribution in [3.63, 3.8) is 0 Å². The molecule has 5 heteroatoms. The van der Waals surface area contributed by atoms with Crippen molar-refractivity contribution in [1.29, 1.82) is 0 Å². The molecule has 0 heterocycles. The summed E-state index contributed by atoms with van der Waals surface area (Å²) >= 11 is 5.84. The van der Waals surface area contributed by atoms with Crippen LogP contribution in [0.4, 0.5) is 0 Å². The first kappa shape index (κ1) is 12.0. The van der Waals surface area contributed by atoms with E-state index in [-0.39, 0.29) is 22.6 Å². The first-order valence-electron chi connectivity index (χ1n) is 5.47. The van der Waals surface area contributed by atoms with Gasteiger partial charge in [0.2, 0.25) is 0 Å². The third-order valence-corrected chi connectivity index (χ3v) is 3.68. The fourth-order valence-corrected chi connectivity index (χ4v) is 2.24. The molecule has 0 aromatic heterocycles. The van der Waals surface area contributed by atoms with Crippen LogP contribution in [0.5, 0.6) is 11.5 Å². The van der Waals surface area contributed by atoms with Crippen LogP contribution in [0, 0.1) is 0 Å². The summed E-state index contributed by atoms with van der Waals surface area (Å²) in [7, 11) is 0. The molecule has 0 aliphatic heterocycles. The first-order valence-corrected chi connectivity index (χ1v) is 6.00. The molecule has 1 aromatic carbocycles. The Labute approximate surface area is 104 Å². The van der Waals surface area contributed by atoms with Crippen molar-refractivity contribution in [3.8, 4) is 11.5 Å². The summed E-state index contributed by atoms with van der Waals surface area (Å²) in [6.45, 7) is 0. The highest BCUT2D eigenvalue weighted by molar-refractivity contribution is 6.19. The van der Waals surface area contributed by atoms with Crippen molar-refractivity contribution in [1.82, 2.24) is 5.32 Å². The van der Waals surface area contributed by atoms with E-state index in [2.05, 4.69) is 5.32 Å². The number of phenolic OH excluding ortho intramolecular Hbond substituents is 2. The lowest BCUT2D eigenvalue weighted by atomic mass is 9.78. The van der Waals surface area contributed by atoms with Gasteiger partial charge in [0.1, 0.15) is 11.5 Å². The summed E-state index contributed by atoms with van der Waals surface area (Å²) in [5.74, 6) is -0.247. The molecular formula is C12H14ClNO3. The van der Waals surface area contributed by atoms with Gasteiger partial charge in [-0.25, -0.2) is 0 Å². The number of nitrogens with one attached hydrogen (secondary N) is 1. The summed E-state index contributed by atoms with van der Waals surface area (Å²) < 4.78 is 0. The third kappa shape index (κ3) is 2.31. The van der Waals surface area contributed by atoms with Crippen molar-refractivity contribution in [3.05, 3.63) is 23.8 Å². The zero-order chi connectivity index (χ0) is 12.5. The average Bonchev–Trinajstić information content (AvgIpc) is 2.26. The number of halogens is 1. The summed E-state index contributed by atoms with van der Waals surface area (Å²) in [5.41, 5.74) is -0.280. The lowest BCUT2D eigenvalue weighted by molar-refractivity contribution is 0.0850. The van der Waals surface area contributed by atoms with Crippen LogP contribution in [0.15, 0.2) is 18.2 Å². The molecule has 3 N–H and O–H groups in total. The van der Waals surface area contributed by atoms with E-state index in [9.17, 15) is 15.0 Å². The molecule has 2 rings (SSSR count). The van der Waals surface area contributed by atoms with Gasteiger partial charge in [-0.05, 0) is 37.5 Å². The normalized spacial score (nSPS) is 17.2. The molecule has 0 spiro atoms. The standard InChI is InChI=1S/C12H14ClNO3/c13-7-12(4-1-5-12)14-11(17)9-6-8(15)2-3-10(9)16/h2-3,6,15-16H,1,4-5,7H2,(H,14,17). The molecule has 1 amide bonds. The molecular weight excluding hydrogens is 242 g/mol. The van der Waals surface area contributed by atoms with E-state index in [4.69, 9.17) is 11.6 Å². The monoisotopic (exact) mass is 255 g/mol. The lowest BCUT2D eigenvalue weighted by Gasteiger charge is -2.41. The number of phenols is 2. The van der Waals surface area contributed by atoms with Crippen molar-refractivity contribution < 1.29 is 15.0 Å². The Morgan fingerprint density at radius 3 is 2.65 bits per heavy atom. The fourth-order valence-electron chi connectivity index (χ4n) is 1.91. The third-order valence-electron chi connectivity index (χ3n) is 3.17. The summed E-state index contributed by atoms with van der Waals surface area (Å²) in [6, 6.07) is 3.86. The predicted molar refractivity (Wildman–Crippen MR) is 64.5 cm³/mol. The second-order valence-electron chi connectivity index (χ2n) is 4.42. The van der Waals surface area contributed by atoms with Crippen LogP contribution in [0.25, 0.3) is 0 Å². The van der Waals surface area contributed by atoms with Crippen molar-refractivity contribution in [2.24, 2.45) is 0 Å². The molecule has 1 aromatic rings. The Bertz CT molecular complexity index is 438. The number of carbonyl (C=O) groups excluding carboxylic acids is 1. The number of amides is 1. The molecule has 17 heavy (non-hydrogen) atoms. The topological polar surface area (TPSA) is 69.6 Å². The van der Waals surface area contributed by atoms with Gasteiger partial charge < -0.3 is 15.5 Å². The zero-order valence-electron chi connectivity index (χ0n) is 9.24. The van der Waals surface area contributed by atoms with Crippen molar-refractivity contribution >= 4 is 17.5 Å². The van der Waals surface area contributed by atoms with Crippen LogP contribution in [-0.4, -0.2) is 27.5 Å². The van der Waals surface area contributed by atoms with Crippen LogP contribution >= 0.6 is 11.6 Å². The Balaban J connectivity index is 2.17. The SMILES string of the molecule is O=C(NC1(CCl)CCC1)c1cc(O)ccc1O. The van der Waals surface area contributed by atoms with E-state index in [0.29, 0.717) is 5.88 Å². The van der Waals surface area contributed by atoms with Gasteiger partial charge in [-0.3, -0.25) is 4.79 Å². The van der Waals surface area contributed by atoms with Crippen LogP contribution in [0.2, 0.25) is 0 Å². The van der Waals surface area contributed by atoms with E-state index in [1.807, 2.05) is 0 Å². The maximum atomic E-state index is 11.9. The minimum Gasteiger partial charge on any atom is -0.508 e. The zero-order valence-corrected chi connectivity index (χ0v) is 10.00. The van der Waals surface area contributed by atoms with E-state index in [0.717, 1.165) is 19.3 Å². The number of hydrogen-bond donors (Lipinski definition) is 3. The van der Waals surface area contributed by atoms with E-state index >= 15 is 0 Å². The van der Waals surface area contributed by atoms with Gasteiger partial charge in [-0.1, -0.05) is 0 Å². The van der Waals surface area contributed by atoms with Crippen molar-refractivity contribution in [2.75, 3.05) is 5.88 Å². The molecule has 1 aliphatic carbocycles. The molecule has 1 saturated carbocycles. The summed E-state index contributed by atoms with van der Waals surface area (Å²) in [4.78, 5) is 11.9. The number of alkyl halides is 1. The molecule has 0 atom stereocenters. The number of hydrogen-bond acceptors (Lipinski definition) is 3. The second-order valence-corrected chi connectivity index (χ2v) is 4.69. The Morgan fingerprint density at radius 1 is 1.41 bits per heavy atom. The maximum Gasteiger partial charge on any atom is 0.255 e. The van der Waals surface area contributed by atoms with Crippen LogP contribution in [-0.2, 0) is 0 Å². The van der Waals surface area contributed by atoms with E-state index in [1.165, 1.54) is 18.2 Å². The smallest absolute Gasteiger partial charge is 0.255 e. The maximum absolute atomic E-state index is 11.9. The van der Waals surface area contributed by atoms with Crippen LogP contribution in [0.3, 0.4) is 0 Å². The van der Waals surface area contributed by atoms with Gasteiger partial charge in [0.05, 0.1) is 11.1 Å². The van der Waals surface area contributed by atoms with Gasteiger partial charge in [-0.15, -0.1) is 11.6 Å². The minimum atomic E-state index is -0.404. The van der Waals surface area contributed by atoms with Crippen LogP contribution in [0.1, 0.15) is 29.6 Å². The largest absolute Gasteiger partial charge is 0.508 e. The quantitative estimate of drug-likeness (QED) is 0.571. The molecule has 0 unspecified atom stereocenters. The highest BCUT2D eigenvalue weighted by Gasteiger charge is 2.38. The average molecular weight is 256 g/mol. The number of carbonyl (C=O) groups is 1. The molecule has 92 valence electrons. The number of benzene rings is 1. The molecule has 0 saturated heterocycles. The van der Waals surface area contributed by atoms with Gasteiger partial charge in [0.15, 0.2) is 0 Å². The highest BCUT2D eigenvalue weighted by atomic mass is 35.5. The summed E-state index contributed by atoms with van der Waals surface area (Å²) in [5, 5.41) is 21.7. The Hall–Kier alpha value is -1.42. The second kappa shape index (κ2) is 4.45. The van der Waals surface area contributed by atoms with E-state index in [1.54, 1.807) is 0 Å². The van der Waals surface area contributed by atoms with Gasteiger partial charge in [-0.2, -0.15) is 0 Å². The van der Waals surface area contributed by atoms with Gasteiger partial charge in [0.25, 0.3) is 5.91 Å². The van der Waals surface area contributed by atoms with Crippen molar-refractivity contribution in [2.45, 2.75) is 24.8 Å². The van der Waals surface area contributed by atoms with E-state index < -0.39 is 5.91 Å². The number of rotatable bonds is 3. The predicted octanol–water partition coefficient (Wildman–Crippen LogP) is 1.99. The molecule has 0 radical (unpaired) electrons. The molecule has 4 nitrogen and oxygen atoms in total.